The van der Waals surface area contributed by atoms with Crippen molar-refractivity contribution in [3.05, 3.63) is 30.1 Å². The molecule has 3 heteroatoms. The zero-order chi connectivity index (χ0) is 13.9. The highest BCUT2D eigenvalue weighted by molar-refractivity contribution is 5.04. The fraction of sp³-hybridized carbons (Fsp3) is 0.688. The molecule has 1 aliphatic rings. The molecule has 0 aromatic carbocycles. The molecule has 1 heterocycles. The van der Waals surface area contributed by atoms with E-state index in [9.17, 15) is 5.11 Å². The lowest BCUT2D eigenvalue weighted by molar-refractivity contribution is -0.00689. The predicted molar refractivity (Wildman–Crippen MR) is 78.0 cm³/mol. The van der Waals surface area contributed by atoms with E-state index < -0.39 is 0 Å². The van der Waals surface area contributed by atoms with Gasteiger partial charge >= 0.3 is 0 Å². The Morgan fingerprint density at radius 2 is 2.21 bits per heavy atom. The molecule has 0 aliphatic heterocycles. The molecule has 0 amide bonds. The first kappa shape index (κ1) is 14.5. The number of rotatable bonds is 4. The van der Waals surface area contributed by atoms with E-state index in [4.69, 9.17) is 0 Å². The van der Waals surface area contributed by atoms with Crippen molar-refractivity contribution in [3.8, 4) is 0 Å². The summed E-state index contributed by atoms with van der Waals surface area (Å²) in [7, 11) is 2.12. The topological polar surface area (TPSA) is 36.4 Å². The van der Waals surface area contributed by atoms with Gasteiger partial charge in [0, 0.05) is 30.9 Å². The fourth-order valence-electron chi connectivity index (χ4n) is 2.99. The molecule has 3 nitrogen and oxygen atoms in total. The maximum Gasteiger partial charge on any atom is 0.0695 e. The van der Waals surface area contributed by atoms with Crippen LogP contribution in [0.1, 0.15) is 38.8 Å². The van der Waals surface area contributed by atoms with Crippen LogP contribution in [0.5, 0.6) is 0 Å². The Bertz CT molecular complexity index is 391. The van der Waals surface area contributed by atoms with Crippen LogP contribution in [0.2, 0.25) is 0 Å². The molecule has 0 radical (unpaired) electrons. The van der Waals surface area contributed by atoms with Gasteiger partial charge in [0.1, 0.15) is 0 Å². The summed E-state index contributed by atoms with van der Waals surface area (Å²) < 4.78 is 0. The summed E-state index contributed by atoms with van der Waals surface area (Å²) in [6, 6.07) is 6.32. The predicted octanol–water partition coefficient (Wildman–Crippen LogP) is 2.50. The van der Waals surface area contributed by atoms with Crippen molar-refractivity contribution in [1.29, 1.82) is 0 Å². The van der Waals surface area contributed by atoms with Crippen LogP contribution in [0, 0.1) is 5.41 Å². The maximum absolute atomic E-state index is 10.2. The number of likely N-dealkylation sites (N-methyl/N-ethyl adjacent to an activating group) is 1. The minimum atomic E-state index is -0.179. The van der Waals surface area contributed by atoms with Crippen LogP contribution >= 0.6 is 0 Å². The summed E-state index contributed by atoms with van der Waals surface area (Å²) in [6.45, 7) is 5.56. The molecule has 1 aliphatic carbocycles. The van der Waals surface area contributed by atoms with E-state index in [0.717, 1.165) is 37.9 Å². The zero-order valence-corrected chi connectivity index (χ0v) is 12.3. The lowest BCUT2D eigenvalue weighted by Crippen LogP contribution is -2.48. The van der Waals surface area contributed by atoms with Gasteiger partial charge in [-0.15, -0.1) is 0 Å². The first-order valence-corrected chi connectivity index (χ1v) is 7.26. The molecule has 1 aromatic rings. The van der Waals surface area contributed by atoms with E-state index in [0.29, 0.717) is 5.41 Å². The highest BCUT2D eigenvalue weighted by atomic mass is 16.3. The highest BCUT2D eigenvalue weighted by Crippen LogP contribution is 2.37. The molecule has 2 rings (SSSR count). The molecule has 106 valence electrons. The summed E-state index contributed by atoms with van der Waals surface area (Å²) in [5, 5.41) is 10.2. The van der Waals surface area contributed by atoms with Gasteiger partial charge in [0.25, 0.3) is 0 Å². The lowest BCUT2D eigenvalue weighted by atomic mass is 9.73. The van der Waals surface area contributed by atoms with Gasteiger partial charge in [-0.3, -0.25) is 4.98 Å². The number of nitrogens with zero attached hydrogens (tertiary/aromatic N) is 2. The molecule has 1 saturated carbocycles. The zero-order valence-electron chi connectivity index (χ0n) is 12.3. The van der Waals surface area contributed by atoms with E-state index >= 15 is 0 Å². The molecule has 0 spiro atoms. The number of aromatic nitrogens is 1. The van der Waals surface area contributed by atoms with Crippen molar-refractivity contribution >= 4 is 0 Å². The third kappa shape index (κ3) is 4.02. The van der Waals surface area contributed by atoms with Gasteiger partial charge in [0.2, 0.25) is 0 Å². The summed E-state index contributed by atoms with van der Waals surface area (Å²) in [5.74, 6) is 0. The number of hydrogen-bond donors (Lipinski definition) is 1. The van der Waals surface area contributed by atoms with Gasteiger partial charge in [0.15, 0.2) is 0 Å². The van der Waals surface area contributed by atoms with Gasteiger partial charge in [-0.05, 0) is 43.9 Å². The van der Waals surface area contributed by atoms with Crippen molar-refractivity contribution in [1.82, 2.24) is 9.88 Å². The molecule has 2 atom stereocenters. The average Bonchev–Trinajstić information content (AvgIpc) is 2.40. The third-order valence-corrected chi connectivity index (χ3v) is 4.34. The van der Waals surface area contributed by atoms with E-state index in [-0.39, 0.29) is 12.1 Å². The Hall–Kier alpha value is -0.930. The van der Waals surface area contributed by atoms with E-state index in [1.165, 1.54) is 0 Å². The minimum absolute atomic E-state index is 0.179. The van der Waals surface area contributed by atoms with Crippen molar-refractivity contribution in [3.63, 3.8) is 0 Å². The molecule has 0 saturated heterocycles. The summed E-state index contributed by atoms with van der Waals surface area (Å²) in [6.07, 6.45) is 5.73. The standard InChI is InChI=1S/C16H26N2O/c1-16(2)9-7-15(19)14(12-16)18(3)11-8-13-6-4-5-10-17-13/h4-6,10,14-15,19H,7-9,11-12H2,1-3H3. The first-order valence-electron chi connectivity index (χ1n) is 7.26. The third-order valence-electron chi connectivity index (χ3n) is 4.34. The summed E-state index contributed by atoms with van der Waals surface area (Å²) in [5.41, 5.74) is 1.47. The number of aliphatic hydroxyl groups excluding tert-OH is 1. The molecule has 1 N–H and O–H groups in total. The van der Waals surface area contributed by atoms with Crippen LogP contribution in [0.4, 0.5) is 0 Å². The van der Waals surface area contributed by atoms with Gasteiger partial charge in [-0.2, -0.15) is 0 Å². The summed E-state index contributed by atoms with van der Waals surface area (Å²) in [4.78, 5) is 6.66. The number of aliphatic hydroxyl groups is 1. The van der Waals surface area contributed by atoms with Crippen molar-refractivity contribution < 1.29 is 5.11 Å². The van der Waals surface area contributed by atoms with Crippen LogP contribution in [-0.4, -0.2) is 40.7 Å². The van der Waals surface area contributed by atoms with Gasteiger partial charge < -0.3 is 10.0 Å². The molecule has 2 unspecified atom stereocenters. The Morgan fingerprint density at radius 3 is 2.89 bits per heavy atom. The fourth-order valence-corrected chi connectivity index (χ4v) is 2.99. The SMILES string of the molecule is CN(CCc1ccccn1)C1CC(C)(C)CCC1O. The Balaban J connectivity index is 1.90. The van der Waals surface area contributed by atoms with Crippen LogP contribution in [0.3, 0.4) is 0 Å². The van der Waals surface area contributed by atoms with E-state index in [1.807, 2.05) is 18.3 Å². The monoisotopic (exact) mass is 262 g/mol. The molecule has 1 fully saturated rings. The Kier molecular flexibility index (Phi) is 4.58. The van der Waals surface area contributed by atoms with Crippen LogP contribution in [-0.2, 0) is 6.42 Å². The van der Waals surface area contributed by atoms with Gasteiger partial charge in [-0.1, -0.05) is 19.9 Å². The smallest absolute Gasteiger partial charge is 0.0695 e. The second-order valence-corrected chi connectivity index (χ2v) is 6.59. The quantitative estimate of drug-likeness (QED) is 0.905. The van der Waals surface area contributed by atoms with Gasteiger partial charge in [-0.25, -0.2) is 0 Å². The van der Waals surface area contributed by atoms with E-state index in [2.05, 4.69) is 36.8 Å². The molecular formula is C16H26N2O. The minimum Gasteiger partial charge on any atom is -0.391 e. The van der Waals surface area contributed by atoms with Crippen molar-refractivity contribution in [2.75, 3.05) is 13.6 Å². The lowest BCUT2D eigenvalue weighted by Gasteiger charge is -2.42. The summed E-state index contributed by atoms with van der Waals surface area (Å²) >= 11 is 0. The second kappa shape index (κ2) is 6.02. The highest BCUT2D eigenvalue weighted by Gasteiger charge is 2.35. The maximum atomic E-state index is 10.2. The van der Waals surface area contributed by atoms with Crippen LogP contribution in [0.15, 0.2) is 24.4 Å². The average molecular weight is 262 g/mol. The Morgan fingerprint density at radius 1 is 1.42 bits per heavy atom. The molecular weight excluding hydrogens is 236 g/mol. The molecule has 1 aromatic heterocycles. The largest absolute Gasteiger partial charge is 0.391 e. The second-order valence-electron chi connectivity index (χ2n) is 6.59. The van der Waals surface area contributed by atoms with Crippen LogP contribution in [0.25, 0.3) is 0 Å². The van der Waals surface area contributed by atoms with E-state index in [1.54, 1.807) is 0 Å². The molecule has 19 heavy (non-hydrogen) atoms. The van der Waals surface area contributed by atoms with Gasteiger partial charge in [0.05, 0.1) is 6.10 Å². The van der Waals surface area contributed by atoms with Crippen LogP contribution < -0.4 is 0 Å². The van der Waals surface area contributed by atoms with Crippen molar-refractivity contribution in [2.45, 2.75) is 51.7 Å². The Labute approximate surface area is 116 Å². The number of pyridine rings is 1. The number of hydrogen-bond acceptors (Lipinski definition) is 3. The first-order chi connectivity index (χ1) is 8.98. The normalized spacial score (nSPS) is 26.6. The molecule has 0 bridgehead atoms. The van der Waals surface area contributed by atoms with Crippen molar-refractivity contribution in [2.24, 2.45) is 5.41 Å².